The average molecular weight is 630 g/mol. The zero-order valence-electron chi connectivity index (χ0n) is 23.7. The van der Waals surface area contributed by atoms with Crippen molar-refractivity contribution in [1.29, 1.82) is 0 Å². The third-order valence-corrected chi connectivity index (χ3v) is 8.38. The van der Waals surface area contributed by atoms with Gasteiger partial charge in [0.05, 0.1) is 34.7 Å². The molecule has 1 fully saturated rings. The first-order valence-corrected chi connectivity index (χ1v) is 15.9. The van der Waals surface area contributed by atoms with Crippen LogP contribution in [0.2, 0.25) is 0 Å². The van der Waals surface area contributed by atoms with Crippen molar-refractivity contribution in [3.63, 3.8) is 0 Å². The first-order chi connectivity index (χ1) is 21.6. The molecule has 1 saturated carbocycles. The maximum atomic E-state index is 16.2. The average Bonchev–Trinajstić information content (AvgIpc) is 3.60. The van der Waals surface area contributed by atoms with E-state index in [1.807, 2.05) is 0 Å². The van der Waals surface area contributed by atoms with E-state index in [9.17, 15) is 17.6 Å². The van der Waals surface area contributed by atoms with E-state index in [1.54, 1.807) is 18.2 Å². The molecule has 0 unspecified atom stereocenters. The predicted molar refractivity (Wildman–Crippen MR) is 163 cm³/mol. The molecule has 15 heteroatoms. The Morgan fingerprint density at radius 2 is 1.89 bits per heavy atom. The van der Waals surface area contributed by atoms with Crippen molar-refractivity contribution in [2.75, 3.05) is 11.6 Å². The number of nitrogens with one attached hydrogen (secondary N) is 4. The Morgan fingerprint density at radius 1 is 1.04 bits per heavy atom. The van der Waals surface area contributed by atoms with E-state index in [0.29, 0.717) is 39.1 Å². The summed E-state index contributed by atoms with van der Waals surface area (Å²) in [7, 11) is -3.49. The minimum Gasteiger partial charge on any atom is -0.336 e. The van der Waals surface area contributed by atoms with Gasteiger partial charge in [0.2, 0.25) is 15.9 Å². The second-order valence-corrected chi connectivity index (χ2v) is 12.8. The number of benzene rings is 1. The highest BCUT2D eigenvalue weighted by molar-refractivity contribution is 7.88. The minimum absolute atomic E-state index is 0.0173. The van der Waals surface area contributed by atoms with Crippen molar-refractivity contribution < 1.29 is 22.0 Å². The maximum Gasteiger partial charge on any atom is 0.227 e. The molecule has 0 saturated heterocycles. The van der Waals surface area contributed by atoms with Crippen LogP contribution in [0.1, 0.15) is 24.8 Å². The molecule has 228 valence electrons. The molecule has 1 aromatic carbocycles. The Labute approximate surface area is 254 Å². The lowest BCUT2D eigenvalue weighted by Crippen LogP contribution is -2.28. The van der Waals surface area contributed by atoms with E-state index < -0.39 is 21.7 Å². The number of imidazole rings is 1. The number of H-pyrrole nitrogens is 2. The van der Waals surface area contributed by atoms with Gasteiger partial charge in [-0.1, -0.05) is 6.42 Å². The second-order valence-electron chi connectivity index (χ2n) is 10.9. The van der Waals surface area contributed by atoms with Gasteiger partial charge in [-0.25, -0.2) is 31.9 Å². The number of nitrogens with zero attached hydrogens (tertiary/aromatic N) is 5. The van der Waals surface area contributed by atoms with Crippen molar-refractivity contribution in [1.82, 2.24) is 39.8 Å². The molecule has 4 N–H and O–H groups in total. The molecule has 6 aromatic rings. The molecule has 1 aliphatic rings. The number of sulfonamides is 1. The first-order valence-electron chi connectivity index (χ1n) is 14.0. The summed E-state index contributed by atoms with van der Waals surface area (Å²) in [6.07, 6.45) is 9.64. The van der Waals surface area contributed by atoms with Gasteiger partial charge in [0.1, 0.15) is 22.8 Å². The van der Waals surface area contributed by atoms with E-state index in [4.69, 9.17) is 0 Å². The number of aromatic nitrogens is 7. The summed E-state index contributed by atoms with van der Waals surface area (Å²) in [5, 5.41) is 9.98. The molecule has 1 aliphatic carbocycles. The minimum atomic E-state index is -3.49. The van der Waals surface area contributed by atoms with E-state index >= 15 is 4.39 Å². The van der Waals surface area contributed by atoms with Crippen LogP contribution in [-0.2, 0) is 21.4 Å². The lowest BCUT2D eigenvalue weighted by Gasteiger charge is -2.24. The van der Waals surface area contributed by atoms with Gasteiger partial charge in [0.25, 0.3) is 0 Å². The Morgan fingerprint density at radius 3 is 2.67 bits per heavy atom. The van der Waals surface area contributed by atoms with Crippen LogP contribution in [-0.4, -0.2) is 55.7 Å². The Bertz CT molecular complexity index is 2230. The van der Waals surface area contributed by atoms with Gasteiger partial charge in [-0.2, -0.15) is 5.10 Å². The van der Waals surface area contributed by atoms with E-state index in [0.717, 1.165) is 25.5 Å². The topological polar surface area (TPSA) is 171 Å². The van der Waals surface area contributed by atoms with Gasteiger partial charge in [0, 0.05) is 47.7 Å². The van der Waals surface area contributed by atoms with Crippen molar-refractivity contribution in [3.8, 4) is 33.9 Å². The number of hydrogen-bond donors (Lipinski definition) is 4. The Hall–Kier alpha value is -5.15. The summed E-state index contributed by atoms with van der Waals surface area (Å²) in [6, 6.07) is 7.44. The molecular formula is C30H25F2N9O3S. The quantitative estimate of drug-likeness (QED) is 0.188. The van der Waals surface area contributed by atoms with Gasteiger partial charge in [-0.3, -0.25) is 19.9 Å². The highest BCUT2D eigenvalue weighted by atomic mass is 32.2. The smallest absolute Gasteiger partial charge is 0.227 e. The summed E-state index contributed by atoms with van der Waals surface area (Å²) < 4.78 is 56.2. The number of aromatic amines is 2. The highest BCUT2D eigenvalue weighted by Crippen LogP contribution is 2.35. The number of amides is 1. The number of rotatable bonds is 8. The number of carbonyl (C=O) groups excluding carboxylic acids is 1. The van der Waals surface area contributed by atoms with E-state index in [1.165, 1.54) is 36.9 Å². The third-order valence-electron chi connectivity index (χ3n) is 7.71. The zero-order chi connectivity index (χ0) is 31.3. The molecular weight excluding hydrogens is 604 g/mol. The lowest BCUT2D eigenvalue weighted by molar-refractivity contribution is -0.122. The van der Waals surface area contributed by atoms with Gasteiger partial charge in [-0.15, -0.1) is 0 Å². The monoisotopic (exact) mass is 629 g/mol. The fraction of sp³-hybridized carbons (Fsp3) is 0.200. The zero-order valence-corrected chi connectivity index (χ0v) is 24.5. The van der Waals surface area contributed by atoms with Crippen molar-refractivity contribution >= 4 is 43.7 Å². The molecule has 5 heterocycles. The van der Waals surface area contributed by atoms with E-state index in [-0.39, 0.29) is 46.5 Å². The van der Waals surface area contributed by atoms with Crippen LogP contribution in [0.4, 0.5) is 14.5 Å². The fourth-order valence-corrected chi connectivity index (χ4v) is 5.69. The van der Waals surface area contributed by atoms with Crippen LogP contribution in [0, 0.1) is 17.6 Å². The van der Waals surface area contributed by atoms with Crippen molar-refractivity contribution in [2.45, 2.75) is 25.8 Å². The van der Waals surface area contributed by atoms with Crippen LogP contribution >= 0.6 is 0 Å². The van der Waals surface area contributed by atoms with Gasteiger partial charge < -0.3 is 10.3 Å². The lowest BCUT2D eigenvalue weighted by atomic mass is 9.85. The molecule has 0 aliphatic heterocycles. The van der Waals surface area contributed by atoms with Crippen LogP contribution in [0.3, 0.4) is 0 Å². The van der Waals surface area contributed by atoms with Crippen molar-refractivity contribution in [2.24, 2.45) is 5.92 Å². The molecule has 0 radical (unpaired) electrons. The number of carbonyl (C=O) groups is 1. The van der Waals surface area contributed by atoms with Gasteiger partial charge >= 0.3 is 0 Å². The molecule has 1 amide bonds. The van der Waals surface area contributed by atoms with Crippen LogP contribution in [0.25, 0.3) is 56.0 Å². The van der Waals surface area contributed by atoms with E-state index in [2.05, 4.69) is 45.2 Å². The standard InChI is InChI=1S/C30H25F2N9O3S/c1-45(43,44)36-11-15-7-17(9-19(31)8-15)25-26-22(5-6-34-25)38-29(39-26)27-23-24(32)21(14-35-28(23)41-40-27)18-10-20(13-33-12-18)37-30(42)16-3-2-4-16/h5-10,12-14,16,36H,2-4,11H2,1H3,(H,37,42)(H,38,39)(H,35,40,41). The third kappa shape index (κ3) is 5.62. The number of anilines is 1. The van der Waals surface area contributed by atoms with Crippen LogP contribution in [0.15, 0.2) is 55.1 Å². The summed E-state index contributed by atoms with van der Waals surface area (Å²) >= 11 is 0. The normalized spacial score (nSPS) is 13.8. The summed E-state index contributed by atoms with van der Waals surface area (Å²) in [6.45, 7) is -0.107. The number of hydrogen-bond acceptors (Lipinski definition) is 8. The number of pyridine rings is 3. The second kappa shape index (κ2) is 11.1. The maximum absolute atomic E-state index is 16.2. The first kappa shape index (κ1) is 28.6. The Balaban J connectivity index is 1.26. The van der Waals surface area contributed by atoms with Gasteiger partial charge in [-0.05, 0) is 48.7 Å². The molecule has 0 bridgehead atoms. The fourth-order valence-electron chi connectivity index (χ4n) is 5.26. The molecule has 45 heavy (non-hydrogen) atoms. The molecule has 0 spiro atoms. The summed E-state index contributed by atoms with van der Waals surface area (Å²) in [4.78, 5) is 33.2. The highest BCUT2D eigenvalue weighted by Gasteiger charge is 2.26. The largest absolute Gasteiger partial charge is 0.336 e. The summed E-state index contributed by atoms with van der Waals surface area (Å²) in [5.74, 6) is -1.06. The molecule has 0 atom stereocenters. The molecule has 7 rings (SSSR count). The van der Waals surface area contributed by atoms with Crippen LogP contribution < -0.4 is 10.0 Å². The molecule has 12 nitrogen and oxygen atoms in total. The van der Waals surface area contributed by atoms with Crippen LogP contribution in [0.5, 0.6) is 0 Å². The Kier molecular flexibility index (Phi) is 7.05. The molecule has 5 aromatic heterocycles. The predicted octanol–water partition coefficient (Wildman–Crippen LogP) is 4.69. The van der Waals surface area contributed by atoms with Crippen molar-refractivity contribution in [3.05, 3.63) is 72.3 Å². The summed E-state index contributed by atoms with van der Waals surface area (Å²) in [5.41, 5.74) is 3.42. The SMILES string of the molecule is CS(=O)(=O)NCc1cc(F)cc(-c2nccc3[nH]c(-c4n[nH]c5ncc(-c6cncc(NC(=O)C7CCC7)c6)c(F)c45)nc23)c1. The number of fused-ring (bicyclic) bond motifs is 2. The van der Waals surface area contributed by atoms with Gasteiger partial charge in [0.15, 0.2) is 11.5 Å². The number of halogens is 2.